The van der Waals surface area contributed by atoms with E-state index in [0.717, 1.165) is 30.0 Å². The number of anilines is 1. The minimum atomic E-state index is -3.52. The van der Waals surface area contributed by atoms with Crippen molar-refractivity contribution in [2.75, 3.05) is 26.0 Å². The number of hydrogen-bond donors (Lipinski definition) is 1. The average molecular weight is 425 g/mol. The number of carbonyl (C=O) groups excluding carboxylic acids is 2. The number of hydrogen-bond acceptors (Lipinski definition) is 5. The van der Waals surface area contributed by atoms with Crippen molar-refractivity contribution in [2.45, 2.75) is 51.3 Å². The first-order chi connectivity index (χ1) is 13.4. The SMILES string of the molecule is CN(C)S(=O)(=O)c1ccc(NC(=O)COC(=O)C2CCC(C(C)(C)C)CC2)cc1. The summed E-state index contributed by atoms with van der Waals surface area (Å²) in [5.74, 6) is -0.309. The lowest BCUT2D eigenvalue weighted by Gasteiger charge is -2.36. The van der Waals surface area contributed by atoms with Gasteiger partial charge in [-0.1, -0.05) is 20.8 Å². The van der Waals surface area contributed by atoms with Crippen molar-refractivity contribution in [1.29, 1.82) is 0 Å². The van der Waals surface area contributed by atoms with Crippen molar-refractivity contribution >= 4 is 27.6 Å². The Hall–Kier alpha value is -1.93. The van der Waals surface area contributed by atoms with E-state index in [-0.39, 0.29) is 28.8 Å². The Morgan fingerprint density at radius 3 is 2.10 bits per heavy atom. The Morgan fingerprint density at radius 2 is 1.62 bits per heavy atom. The summed E-state index contributed by atoms with van der Waals surface area (Å²) in [7, 11) is -0.611. The second-order valence-corrected chi connectivity index (χ2v) is 11.0. The number of benzene rings is 1. The topological polar surface area (TPSA) is 92.8 Å². The molecular weight excluding hydrogens is 392 g/mol. The smallest absolute Gasteiger partial charge is 0.309 e. The summed E-state index contributed by atoms with van der Waals surface area (Å²) in [6, 6.07) is 5.85. The van der Waals surface area contributed by atoms with Crippen molar-refractivity contribution < 1.29 is 22.7 Å². The molecule has 1 amide bonds. The summed E-state index contributed by atoms with van der Waals surface area (Å²) in [5.41, 5.74) is 0.686. The van der Waals surface area contributed by atoms with Crippen LogP contribution in [-0.2, 0) is 24.3 Å². The Kier molecular flexibility index (Phi) is 7.45. The summed E-state index contributed by atoms with van der Waals surface area (Å²) < 4.78 is 30.4. The maximum Gasteiger partial charge on any atom is 0.309 e. The normalized spacial score (nSPS) is 20.3. The van der Waals surface area contributed by atoms with E-state index in [1.165, 1.54) is 38.4 Å². The third-order valence-electron chi connectivity index (χ3n) is 5.55. The molecule has 0 radical (unpaired) electrons. The molecular formula is C21H32N2O5S. The van der Waals surface area contributed by atoms with E-state index < -0.39 is 15.9 Å². The zero-order valence-corrected chi connectivity index (χ0v) is 18.7. The molecule has 0 heterocycles. The first-order valence-electron chi connectivity index (χ1n) is 9.90. The van der Waals surface area contributed by atoms with Crippen LogP contribution in [0.25, 0.3) is 0 Å². The summed E-state index contributed by atoms with van der Waals surface area (Å²) in [5, 5.41) is 2.61. The molecule has 0 aromatic heterocycles. The number of sulfonamides is 1. The lowest BCUT2D eigenvalue weighted by Crippen LogP contribution is -2.31. The first-order valence-corrected chi connectivity index (χ1v) is 11.3. The molecule has 1 N–H and O–H groups in total. The monoisotopic (exact) mass is 424 g/mol. The maximum absolute atomic E-state index is 12.3. The van der Waals surface area contributed by atoms with Gasteiger partial charge in [0.15, 0.2) is 6.61 Å². The standard InChI is InChI=1S/C21H32N2O5S/c1-21(2,3)16-8-6-15(7-9-16)20(25)28-14-19(24)22-17-10-12-18(13-11-17)29(26,27)23(4)5/h10-13,15-16H,6-9,14H2,1-5H3,(H,22,24). The Morgan fingerprint density at radius 1 is 1.07 bits per heavy atom. The molecule has 0 saturated heterocycles. The zero-order chi connectivity index (χ0) is 21.8. The van der Waals surface area contributed by atoms with E-state index in [1.54, 1.807) is 0 Å². The minimum absolute atomic E-state index is 0.137. The van der Waals surface area contributed by atoms with E-state index >= 15 is 0 Å². The molecule has 1 aromatic rings. The van der Waals surface area contributed by atoms with Gasteiger partial charge in [0.2, 0.25) is 10.0 Å². The molecule has 0 unspecified atom stereocenters. The van der Waals surface area contributed by atoms with Gasteiger partial charge in [-0.15, -0.1) is 0 Å². The molecule has 1 aliphatic carbocycles. The van der Waals surface area contributed by atoms with Gasteiger partial charge in [-0.25, -0.2) is 12.7 Å². The molecule has 1 fully saturated rings. The number of nitrogens with zero attached hydrogens (tertiary/aromatic N) is 1. The molecule has 8 heteroatoms. The summed E-state index contributed by atoms with van der Waals surface area (Å²) >= 11 is 0. The highest BCUT2D eigenvalue weighted by Gasteiger charge is 2.33. The molecule has 0 bridgehead atoms. The highest BCUT2D eigenvalue weighted by molar-refractivity contribution is 7.89. The minimum Gasteiger partial charge on any atom is -0.455 e. The van der Waals surface area contributed by atoms with E-state index in [0.29, 0.717) is 11.6 Å². The molecule has 0 atom stereocenters. The molecule has 1 saturated carbocycles. The molecule has 1 aliphatic rings. The maximum atomic E-state index is 12.3. The van der Waals surface area contributed by atoms with Crippen LogP contribution in [0, 0.1) is 17.3 Å². The van der Waals surface area contributed by atoms with E-state index in [4.69, 9.17) is 4.74 Å². The molecule has 0 spiro atoms. The quantitative estimate of drug-likeness (QED) is 0.708. The fraction of sp³-hybridized carbons (Fsp3) is 0.619. The van der Waals surface area contributed by atoms with Gasteiger partial charge in [-0.3, -0.25) is 9.59 Å². The third-order valence-corrected chi connectivity index (χ3v) is 7.38. The second kappa shape index (κ2) is 9.26. The van der Waals surface area contributed by atoms with Crippen LogP contribution in [0.1, 0.15) is 46.5 Å². The van der Waals surface area contributed by atoms with Gasteiger partial charge >= 0.3 is 5.97 Å². The average Bonchev–Trinajstić information content (AvgIpc) is 2.66. The molecule has 29 heavy (non-hydrogen) atoms. The van der Waals surface area contributed by atoms with Gasteiger partial charge < -0.3 is 10.1 Å². The molecule has 162 valence electrons. The van der Waals surface area contributed by atoms with Crippen LogP contribution >= 0.6 is 0 Å². The Labute approximate surface area is 173 Å². The van der Waals surface area contributed by atoms with Crippen molar-refractivity contribution in [1.82, 2.24) is 4.31 Å². The van der Waals surface area contributed by atoms with Gasteiger partial charge in [-0.05, 0) is 61.3 Å². The van der Waals surface area contributed by atoms with Crippen LogP contribution in [0.15, 0.2) is 29.2 Å². The van der Waals surface area contributed by atoms with Crippen molar-refractivity contribution in [3.8, 4) is 0 Å². The Bertz CT molecular complexity index is 818. The third kappa shape index (κ3) is 6.27. The first kappa shape index (κ1) is 23.3. The van der Waals surface area contributed by atoms with Crippen molar-refractivity contribution in [2.24, 2.45) is 17.3 Å². The molecule has 7 nitrogen and oxygen atoms in total. The second-order valence-electron chi connectivity index (χ2n) is 8.88. The lowest BCUT2D eigenvalue weighted by molar-refractivity contribution is -0.153. The van der Waals surface area contributed by atoms with Gasteiger partial charge in [-0.2, -0.15) is 0 Å². The van der Waals surface area contributed by atoms with E-state index in [9.17, 15) is 18.0 Å². The fourth-order valence-corrected chi connectivity index (χ4v) is 4.47. The van der Waals surface area contributed by atoms with Crippen LogP contribution in [0.4, 0.5) is 5.69 Å². The molecule has 1 aromatic carbocycles. The molecule has 2 rings (SSSR count). The largest absolute Gasteiger partial charge is 0.455 e. The highest BCUT2D eigenvalue weighted by atomic mass is 32.2. The van der Waals surface area contributed by atoms with Crippen LogP contribution in [0.3, 0.4) is 0 Å². The number of ether oxygens (including phenoxy) is 1. The highest BCUT2D eigenvalue weighted by Crippen LogP contribution is 2.40. The van der Waals surface area contributed by atoms with Crippen LogP contribution in [0.2, 0.25) is 0 Å². The van der Waals surface area contributed by atoms with Crippen molar-refractivity contribution in [3.63, 3.8) is 0 Å². The number of rotatable bonds is 6. The van der Waals surface area contributed by atoms with Crippen LogP contribution < -0.4 is 5.32 Å². The van der Waals surface area contributed by atoms with Crippen LogP contribution in [-0.4, -0.2) is 45.3 Å². The zero-order valence-electron chi connectivity index (χ0n) is 17.9. The van der Waals surface area contributed by atoms with Gasteiger partial charge in [0.25, 0.3) is 5.91 Å². The lowest BCUT2D eigenvalue weighted by atomic mass is 9.70. The number of esters is 1. The molecule has 0 aliphatic heterocycles. The van der Waals surface area contributed by atoms with Gasteiger partial charge in [0.1, 0.15) is 0 Å². The van der Waals surface area contributed by atoms with E-state index in [1.807, 2.05) is 0 Å². The summed E-state index contributed by atoms with van der Waals surface area (Å²) in [6.45, 7) is 6.32. The number of amides is 1. The predicted molar refractivity (Wildman–Crippen MR) is 112 cm³/mol. The van der Waals surface area contributed by atoms with Crippen molar-refractivity contribution in [3.05, 3.63) is 24.3 Å². The summed E-state index contributed by atoms with van der Waals surface area (Å²) in [4.78, 5) is 24.5. The number of carbonyl (C=O) groups is 2. The summed E-state index contributed by atoms with van der Waals surface area (Å²) in [6.07, 6.45) is 3.59. The van der Waals surface area contributed by atoms with Gasteiger partial charge in [0.05, 0.1) is 10.8 Å². The predicted octanol–water partition coefficient (Wildman–Crippen LogP) is 3.27. The fourth-order valence-electron chi connectivity index (χ4n) is 3.57. The van der Waals surface area contributed by atoms with Crippen LogP contribution in [0.5, 0.6) is 0 Å². The Balaban J connectivity index is 1.81. The van der Waals surface area contributed by atoms with Gasteiger partial charge in [0, 0.05) is 19.8 Å². The van der Waals surface area contributed by atoms with E-state index in [2.05, 4.69) is 26.1 Å². The number of nitrogens with one attached hydrogen (secondary N) is 1.